The number of aliphatic hydroxyl groups is 1. The number of aryl methyl sites for hydroxylation is 2. The van der Waals surface area contributed by atoms with E-state index in [1.807, 2.05) is 25.7 Å². The fraction of sp³-hybridized carbons (Fsp3) is 0.667. The van der Waals surface area contributed by atoms with Gasteiger partial charge in [-0.3, -0.25) is 14.5 Å². The Balaban J connectivity index is 1.71. The highest BCUT2D eigenvalue weighted by Crippen LogP contribution is 2.33. The molecule has 1 aliphatic carbocycles. The lowest BCUT2D eigenvalue weighted by Gasteiger charge is -2.28. The van der Waals surface area contributed by atoms with E-state index in [2.05, 4.69) is 4.98 Å². The zero-order valence-corrected chi connectivity index (χ0v) is 18.3. The van der Waals surface area contributed by atoms with E-state index in [1.165, 1.54) is 16.9 Å². The second-order valence-electron chi connectivity index (χ2n) is 8.01. The van der Waals surface area contributed by atoms with Crippen LogP contribution in [0.5, 0.6) is 0 Å². The van der Waals surface area contributed by atoms with Crippen molar-refractivity contribution in [2.24, 2.45) is 0 Å². The molecule has 2 aromatic heterocycles. The van der Waals surface area contributed by atoms with E-state index in [0.29, 0.717) is 25.3 Å². The minimum Gasteiger partial charge on any atom is -0.463 e. The molecule has 0 radical (unpaired) electrons. The molecule has 0 saturated carbocycles. The van der Waals surface area contributed by atoms with Crippen LogP contribution in [0.2, 0.25) is 0 Å². The van der Waals surface area contributed by atoms with Crippen molar-refractivity contribution < 1.29 is 14.6 Å². The van der Waals surface area contributed by atoms with Crippen molar-refractivity contribution in [1.82, 2.24) is 14.9 Å². The Morgan fingerprint density at radius 1 is 1.34 bits per heavy atom. The van der Waals surface area contributed by atoms with Gasteiger partial charge in [0.15, 0.2) is 0 Å². The van der Waals surface area contributed by atoms with Gasteiger partial charge in [0.05, 0.1) is 11.9 Å². The average Bonchev–Trinajstić information content (AvgIpc) is 3.04. The largest absolute Gasteiger partial charge is 0.463 e. The number of H-pyrrole nitrogens is 1. The lowest BCUT2D eigenvalue weighted by Crippen LogP contribution is -2.39. The number of carbonyl (C=O) groups excluding carboxylic acids is 1. The maximum Gasteiger partial charge on any atom is 0.305 e. The zero-order valence-electron chi connectivity index (χ0n) is 17.5. The van der Waals surface area contributed by atoms with Gasteiger partial charge in [0.25, 0.3) is 5.56 Å². The first-order chi connectivity index (χ1) is 13.9. The van der Waals surface area contributed by atoms with E-state index in [9.17, 15) is 14.7 Å². The van der Waals surface area contributed by atoms with Gasteiger partial charge in [-0.1, -0.05) is 6.92 Å². The first-order valence-corrected chi connectivity index (χ1v) is 11.3. The van der Waals surface area contributed by atoms with Gasteiger partial charge in [0.1, 0.15) is 23.4 Å². The lowest BCUT2D eigenvalue weighted by atomic mass is 9.97. The first kappa shape index (κ1) is 21.9. The summed E-state index contributed by atoms with van der Waals surface area (Å²) in [6.07, 6.45) is 4.58. The Labute approximate surface area is 175 Å². The SMILES string of the molecule is CCCC(=O)OC[C@H](O)CN(Cc1nc2sc3c(c2c(=O)[nH]1)CCCC3)C(C)C. The molecular formula is C21H31N3O4S. The van der Waals surface area contributed by atoms with Crippen LogP contribution in [0.1, 0.15) is 62.7 Å². The third-order valence-corrected chi connectivity index (χ3v) is 6.48. The van der Waals surface area contributed by atoms with Crippen LogP contribution in [0.4, 0.5) is 0 Å². The molecule has 1 aliphatic rings. The summed E-state index contributed by atoms with van der Waals surface area (Å²) in [5, 5.41) is 11.0. The summed E-state index contributed by atoms with van der Waals surface area (Å²) in [6, 6.07) is 0.133. The number of thiophene rings is 1. The van der Waals surface area contributed by atoms with Crippen molar-refractivity contribution in [3.05, 3.63) is 26.6 Å². The lowest BCUT2D eigenvalue weighted by molar-refractivity contribution is -0.147. The van der Waals surface area contributed by atoms with E-state index in [0.717, 1.165) is 35.9 Å². The normalized spacial score (nSPS) is 15.1. The number of rotatable bonds is 9. The number of carbonyl (C=O) groups is 1. The summed E-state index contributed by atoms with van der Waals surface area (Å²) in [6.45, 7) is 6.69. The highest BCUT2D eigenvalue weighted by Gasteiger charge is 2.22. The van der Waals surface area contributed by atoms with E-state index in [-0.39, 0.29) is 24.2 Å². The van der Waals surface area contributed by atoms with Crippen LogP contribution in [0.3, 0.4) is 0 Å². The van der Waals surface area contributed by atoms with Crippen molar-refractivity contribution >= 4 is 27.5 Å². The quantitative estimate of drug-likeness (QED) is 0.605. The van der Waals surface area contributed by atoms with E-state index in [4.69, 9.17) is 9.72 Å². The number of nitrogens with one attached hydrogen (secondary N) is 1. The average molecular weight is 422 g/mol. The van der Waals surface area contributed by atoms with Gasteiger partial charge in [-0.25, -0.2) is 4.98 Å². The molecule has 160 valence electrons. The molecule has 2 aromatic rings. The molecule has 0 amide bonds. The van der Waals surface area contributed by atoms with Crippen LogP contribution in [0.15, 0.2) is 4.79 Å². The van der Waals surface area contributed by atoms with Crippen LogP contribution >= 0.6 is 11.3 Å². The molecule has 0 aromatic carbocycles. The van der Waals surface area contributed by atoms with E-state index in [1.54, 1.807) is 11.3 Å². The maximum atomic E-state index is 12.7. The van der Waals surface area contributed by atoms with Gasteiger partial charge in [-0.15, -0.1) is 11.3 Å². The van der Waals surface area contributed by atoms with Crippen molar-refractivity contribution in [3.8, 4) is 0 Å². The molecular weight excluding hydrogens is 390 g/mol. The summed E-state index contributed by atoms with van der Waals surface area (Å²) >= 11 is 1.64. The molecule has 7 nitrogen and oxygen atoms in total. The third kappa shape index (κ3) is 5.43. The van der Waals surface area contributed by atoms with Crippen LogP contribution in [0, 0.1) is 0 Å². The van der Waals surface area contributed by atoms with Gasteiger partial charge >= 0.3 is 5.97 Å². The molecule has 3 rings (SSSR count). The number of aliphatic hydroxyl groups excluding tert-OH is 1. The first-order valence-electron chi connectivity index (χ1n) is 10.5. The Bertz CT molecular complexity index is 905. The molecule has 0 saturated heterocycles. The number of aromatic nitrogens is 2. The molecule has 2 N–H and O–H groups in total. The highest BCUT2D eigenvalue weighted by molar-refractivity contribution is 7.18. The smallest absolute Gasteiger partial charge is 0.305 e. The molecule has 29 heavy (non-hydrogen) atoms. The number of ether oxygens (including phenoxy) is 1. The van der Waals surface area contributed by atoms with Gasteiger partial charge < -0.3 is 14.8 Å². The van der Waals surface area contributed by atoms with Crippen LogP contribution in [0.25, 0.3) is 10.2 Å². The van der Waals surface area contributed by atoms with Crippen LogP contribution in [-0.2, 0) is 28.9 Å². The molecule has 2 heterocycles. The Morgan fingerprint density at radius 2 is 2.10 bits per heavy atom. The van der Waals surface area contributed by atoms with Crippen molar-refractivity contribution in [2.75, 3.05) is 13.2 Å². The number of nitrogens with zero attached hydrogens (tertiary/aromatic N) is 2. The predicted molar refractivity (Wildman–Crippen MR) is 114 cm³/mol. The molecule has 1 atom stereocenters. The maximum absolute atomic E-state index is 12.7. The summed E-state index contributed by atoms with van der Waals surface area (Å²) in [5.74, 6) is 0.311. The van der Waals surface area contributed by atoms with Crippen molar-refractivity contribution in [2.45, 2.75) is 78.0 Å². The molecule has 8 heteroatoms. The Morgan fingerprint density at radius 3 is 2.83 bits per heavy atom. The number of hydrogen-bond donors (Lipinski definition) is 2. The Hall–Kier alpha value is -1.77. The van der Waals surface area contributed by atoms with Gasteiger partial charge in [0.2, 0.25) is 0 Å². The highest BCUT2D eigenvalue weighted by atomic mass is 32.1. The Kier molecular flexibility index (Phi) is 7.43. The molecule has 0 fully saturated rings. The monoisotopic (exact) mass is 421 g/mol. The summed E-state index contributed by atoms with van der Waals surface area (Å²) in [7, 11) is 0. The molecule has 0 unspecified atom stereocenters. The van der Waals surface area contributed by atoms with Gasteiger partial charge in [-0.05, 0) is 51.5 Å². The number of fused-ring (bicyclic) bond motifs is 3. The minimum atomic E-state index is -0.789. The minimum absolute atomic E-state index is 0.0251. The van der Waals surface area contributed by atoms with Crippen molar-refractivity contribution in [3.63, 3.8) is 0 Å². The second-order valence-corrected chi connectivity index (χ2v) is 9.10. The number of hydrogen-bond acceptors (Lipinski definition) is 7. The third-order valence-electron chi connectivity index (χ3n) is 5.29. The van der Waals surface area contributed by atoms with Crippen LogP contribution < -0.4 is 5.56 Å². The van der Waals surface area contributed by atoms with E-state index < -0.39 is 6.10 Å². The summed E-state index contributed by atoms with van der Waals surface area (Å²) in [4.78, 5) is 36.0. The molecule has 0 aliphatic heterocycles. The topological polar surface area (TPSA) is 95.5 Å². The second kappa shape index (κ2) is 9.82. The van der Waals surface area contributed by atoms with Crippen molar-refractivity contribution in [1.29, 1.82) is 0 Å². The molecule has 0 spiro atoms. The van der Waals surface area contributed by atoms with Gasteiger partial charge in [-0.2, -0.15) is 0 Å². The van der Waals surface area contributed by atoms with Crippen LogP contribution in [-0.4, -0.2) is 51.2 Å². The number of aromatic amines is 1. The summed E-state index contributed by atoms with van der Waals surface area (Å²) in [5.41, 5.74) is 1.11. The zero-order chi connectivity index (χ0) is 21.0. The summed E-state index contributed by atoms with van der Waals surface area (Å²) < 4.78 is 5.11. The fourth-order valence-corrected chi connectivity index (χ4v) is 5.00. The standard InChI is InChI=1S/C21H31N3O4S/c1-4-7-18(26)28-12-14(25)10-24(13(2)3)11-17-22-20(27)19-15-8-5-6-9-16(15)29-21(19)23-17/h13-14,25H,4-12H2,1-3H3,(H,22,23,27)/t14-/m1/s1. The molecule has 0 bridgehead atoms. The van der Waals surface area contributed by atoms with E-state index >= 15 is 0 Å². The predicted octanol–water partition coefficient (Wildman–Crippen LogP) is 2.78. The van der Waals surface area contributed by atoms with Gasteiger partial charge in [0, 0.05) is 23.9 Å². The number of esters is 1. The fourth-order valence-electron chi connectivity index (χ4n) is 3.72.